The van der Waals surface area contributed by atoms with Crippen molar-refractivity contribution in [3.8, 4) is 0 Å². The number of rotatable bonds is 2. The van der Waals surface area contributed by atoms with E-state index in [9.17, 15) is 0 Å². The van der Waals surface area contributed by atoms with Crippen LogP contribution >= 0.6 is 0 Å². The first-order valence-electron chi connectivity index (χ1n) is 6.05. The van der Waals surface area contributed by atoms with Crippen molar-refractivity contribution in [1.29, 1.82) is 0 Å². The first kappa shape index (κ1) is 10.4. The second kappa shape index (κ2) is 3.82. The van der Waals surface area contributed by atoms with Crippen LogP contribution in [0.1, 0.15) is 39.5 Å². The van der Waals surface area contributed by atoms with Gasteiger partial charge in [0.25, 0.3) is 0 Å². The molecule has 0 spiro atoms. The summed E-state index contributed by atoms with van der Waals surface area (Å²) in [7, 11) is 0. The van der Waals surface area contributed by atoms with Crippen molar-refractivity contribution >= 4 is 0 Å². The molecule has 0 amide bonds. The molecular formula is C12H24N2. The molecule has 2 aliphatic rings. The second-order valence-electron chi connectivity index (χ2n) is 6.00. The summed E-state index contributed by atoms with van der Waals surface area (Å²) in [5, 5.41) is 0. The Kier molecular flexibility index (Phi) is 2.85. The first-order valence-corrected chi connectivity index (χ1v) is 6.05. The highest BCUT2D eigenvalue weighted by Gasteiger charge is 2.32. The van der Waals surface area contributed by atoms with E-state index in [0.29, 0.717) is 11.5 Å². The lowest BCUT2D eigenvalue weighted by molar-refractivity contribution is 0.241. The largest absolute Gasteiger partial charge is 0.327 e. The van der Waals surface area contributed by atoms with E-state index in [4.69, 9.17) is 5.73 Å². The third kappa shape index (κ3) is 2.29. The van der Waals surface area contributed by atoms with E-state index in [1.807, 2.05) is 0 Å². The Morgan fingerprint density at radius 1 is 1.36 bits per heavy atom. The molecule has 2 atom stereocenters. The third-order valence-corrected chi connectivity index (χ3v) is 3.97. The van der Waals surface area contributed by atoms with Crippen molar-refractivity contribution in [2.24, 2.45) is 17.1 Å². The van der Waals surface area contributed by atoms with Crippen LogP contribution in [0.2, 0.25) is 0 Å². The molecule has 2 fully saturated rings. The molecule has 0 aromatic carbocycles. The van der Waals surface area contributed by atoms with Crippen molar-refractivity contribution in [2.45, 2.75) is 45.6 Å². The van der Waals surface area contributed by atoms with Crippen molar-refractivity contribution in [3.05, 3.63) is 0 Å². The van der Waals surface area contributed by atoms with Crippen LogP contribution in [0.15, 0.2) is 0 Å². The van der Waals surface area contributed by atoms with Gasteiger partial charge in [-0.15, -0.1) is 0 Å². The summed E-state index contributed by atoms with van der Waals surface area (Å²) in [6.45, 7) is 8.57. The minimum Gasteiger partial charge on any atom is -0.327 e. The van der Waals surface area contributed by atoms with Gasteiger partial charge in [0.05, 0.1) is 0 Å². The van der Waals surface area contributed by atoms with E-state index in [1.165, 1.54) is 45.3 Å². The second-order valence-corrected chi connectivity index (χ2v) is 6.00. The van der Waals surface area contributed by atoms with Crippen LogP contribution in [0.25, 0.3) is 0 Å². The van der Waals surface area contributed by atoms with E-state index < -0.39 is 0 Å². The highest BCUT2D eigenvalue weighted by Crippen LogP contribution is 2.32. The maximum Gasteiger partial charge on any atom is 0.00793 e. The highest BCUT2D eigenvalue weighted by molar-refractivity contribution is 4.87. The lowest BCUT2D eigenvalue weighted by Gasteiger charge is -2.24. The SMILES string of the molecule is CC1(C)CCN(CC2CCCC2N)C1. The molecule has 14 heavy (non-hydrogen) atoms. The maximum atomic E-state index is 6.10. The van der Waals surface area contributed by atoms with Gasteiger partial charge >= 0.3 is 0 Å². The van der Waals surface area contributed by atoms with Crippen molar-refractivity contribution in [3.63, 3.8) is 0 Å². The van der Waals surface area contributed by atoms with Gasteiger partial charge in [0, 0.05) is 19.1 Å². The fraction of sp³-hybridized carbons (Fsp3) is 1.00. The number of nitrogens with zero attached hydrogens (tertiary/aromatic N) is 1. The van der Waals surface area contributed by atoms with Crippen LogP contribution in [0.5, 0.6) is 0 Å². The van der Waals surface area contributed by atoms with E-state index in [0.717, 1.165) is 5.92 Å². The minimum absolute atomic E-state index is 0.485. The van der Waals surface area contributed by atoms with E-state index in [1.54, 1.807) is 0 Å². The lowest BCUT2D eigenvalue weighted by atomic mass is 9.93. The quantitative estimate of drug-likeness (QED) is 0.730. The Hall–Kier alpha value is -0.0800. The number of likely N-dealkylation sites (tertiary alicyclic amines) is 1. The summed E-state index contributed by atoms with van der Waals surface area (Å²) in [4.78, 5) is 2.62. The van der Waals surface area contributed by atoms with Crippen molar-refractivity contribution in [2.75, 3.05) is 19.6 Å². The minimum atomic E-state index is 0.485. The fourth-order valence-corrected chi connectivity index (χ4v) is 3.00. The van der Waals surface area contributed by atoms with Crippen LogP contribution < -0.4 is 5.73 Å². The monoisotopic (exact) mass is 196 g/mol. The Labute approximate surface area is 87.8 Å². The van der Waals surface area contributed by atoms with Gasteiger partial charge in [0.15, 0.2) is 0 Å². The summed E-state index contributed by atoms with van der Waals surface area (Å²) in [6, 6.07) is 0.485. The van der Waals surface area contributed by atoms with Gasteiger partial charge in [-0.25, -0.2) is 0 Å². The van der Waals surface area contributed by atoms with Gasteiger partial charge in [-0.2, -0.15) is 0 Å². The molecule has 0 radical (unpaired) electrons. The van der Waals surface area contributed by atoms with Crippen LogP contribution in [0.3, 0.4) is 0 Å². The molecule has 1 saturated carbocycles. The zero-order valence-corrected chi connectivity index (χ0v) is 9.63. The Bertz CT molecular complexity index is 200. The molecule has 0 aromatic heterocycles. The average Bonchev–Trinajstić information content (AvgIpc) is 2.61. The van der Waals surface area contributed by atoms with E-state index in [2.05, 4.69) is 18.7 Å². The van der Waals surface area contributed by atoms with Gasteiger partial charge in [0.2, 0.25) is 0 Å². The van der Waals surface area contributed by atoms with Gasteiger partial charge < -0.3 is 10.6 Å². The molecule has 2 heteroatoms. The molecule has 0 aromatic rings. The highest BCUT2D eigenvalue weighted by atomic mass is 15.2. The number of hydrogen-bond acceptors (Lipinski definition) is 2. The molecule has 0 bridgehead atoms. The van der Waals surface area contributed by atoms with Crippen molar-refractivity contribution in [1.82, 2.24) is 4.90 Å². The Morgan fingerprint density at radius 3 is 2.64 bits per heavy atom. The predicted molar refractivity (Wildman–Crippen MR) is 60.2 cm³/mol. The van der Waals surface area contributed by atoms with E-state index >= 15 is 0 Å². The average molecular weight is 196 g/mol. The number of hydrogen-bond donors (Lipinski definition) is 1. The molecule has 2 nitrogen and oxygen atoms in total. The number of nitrogens with two attached hydrogens (primary N) is 1. The summed E-state index contributed by atoms with van der Waals surface area (Å²) >= 11 is 0. The van der Waals surface area contributed by atoms with Gasteiger partial charge in [-0.1, -0.05) is 20.3 Å². The fourth-order valence-electron chi connectivity index (χ4n) is 3.00. The van der Waals surface area contributed by atoms with E-state index in [-0.39, 0.29) is 0 Å². The van der Waals surface area contributed by atoms with Crippen LogP contribution in [0, 0.1) is 11.3 Å². The van der Waals surface area contributed by atoms with Crippen LogP contribution in [0.4, 0.5) is 0 Å². The lowest BCUT2D eigenvalue weighted by Crippen LogP contribution is -2.35. The Balaban J connectivity index is 1.81. The molecular weight excluding hydrogens is 172 g/mol. The molecule has 2 unspecified atom stereocenters. The maximum absolute atomic E-state index is 6.10. The summed E-state index contributed by atoms with van der Waals surface area (Å²) in [5.74, 6) is 0.781. The molecule has 82 valence electrons. The zero-order chi connectivity index (χ0) is 10.2. The summed E-state index contributed by atoms with van der Waals surface area (Å²) in [6.07, 6.45) is 5.32. The third-order valence-electron chi connectivity index (χ3n) is 3.97. The Morgan fingerprint density at radius 2 is 2.14 bits per heavy atom. The molecule has 1 heterocycles. The standard InChI is InChI=1S/C12H24N2/c1-12(2)6-7-14(9-12)8-10-4-3-5-11(10)13/h10-11H,3-9,13H2,1-2H3. The molecule has 1 aliphatic heterocycles. The summed E-state index contributed by atoms with van der Waals surface area (Å²) < 4.78 is 0. The van der Waals surface area contributed by atoms with Gasteiger partial charge in [0.1, 0.15) is 0 Å². The molecule has 1 saturated heterocycles. The zero-order valence-electron chi connectivity index (χ0n) is 9.63. The smallest absolute Gasteiger partial charge is 0.00793 e. The van der Waals surface area contributed by atoms with Crippen LogP contribution in [-0.2, 0) is 0 Å². The normalized spacial score (nSPS) is 37.9. The van der Waals surface area contributed by atoms with Gasteiger partial charge in [-0.3, -0.25) is 0 Å². The summed E-state index contributed by atoms with van der Waals surface area (Å²) in [5.41, 5.74) is 6.64. The molecule has 2 N–H and O–H groups in total. The topological polar surface area (TPSA) is 29.3 Å². The molecule has 1 aliphatic carbocycles. The molecule has 2 rings (SSSR count). The van der Waals surface area contributed by atoms with Gasteiger partial charge in [-0.05, 0) is 37.1 Å². The van der Waals surface area contributed by atoms with Crippen LogP contribution in [-0.4, -0.2) is 30.6 Å². The first-order chi connectivity index (χ1) is 6.57. The predicted octanol–water partition coefficient (Wildman–Crippen LogP) is 1.85. The van der Waals surface area contributed by atoms with Crippen molar-refractivity contribution < 1.29 is 0 Å².